The fourth-order valence-electron chi connectivity index (χ4n) is 3.16. The van der Waals surface area contributed by atoms with E-state index in [1.165, 1.54) is 12.5 Å². The second-order valence-electron chi connectivity index (χ2n) is 8.63. The molecule has 162 valence electrons. The summed E-state index contributed by atoms with van der Waals surface area (Å²) in [6, 6.07) is 1.65. The molecular formula is C17H28N3O7PSi. The number of aromatic nitrogens is 3. The summed E-state index contributed by atoms with van der Waals surface area (Å²) >= 11 is 0. The molecule has 29 heavy (non-hydrogen) atoms. The highest BCUT2D eigenvalue weighted by molar-refractivity contribution is 7.32. The van der Waals surface area contributed by atoms with Gasteiger partial charge in [0.2, 0.25) is 0 Å². The van der Waals surface area contributed by atoms with Crippen molar-refractivity contribution < 1.29 is 28.3 Å². The van der Waals surface area contributed by atoms with E-state index >= 15 is 0 Å². The minimum absolute atomic E-state index is 0.130. The van der Waals surface area contributed by atoms with E-state index in [9.17, 15) is 19.4 Å². The number of aliphatic hydroxyl groups excluding tert-OH is 1. The average molecular weight is 445 g/mol. The first-order chi connectivity index (χ1) is 13.5. The van der Waals surface area contributed by atoms with Gasteiger partial charge in [0, 0.05) is 6.20 Å². The van der Waals surface area contributed by atoms with Crippen molar-refractivity contribution in [1.29, 1.82) is 0 Å². The normalized spacial score (nSPS) is 26.9. The van der Waals surface area contributed by atoms with Crippen LogP contribution in [0.1, 0.15) is 27.0 Å². The lowest BCUT2D eigenvalue weighted by molar-refractivity contribution is -0.0478. The third-order valence-electron chi connectivity index (χ3n) is 5.72. The monoisotopic (exact) mass is 445 g/mol. The molecule has 1 fully saturated rings. The lowest BCUT2D eigenvalue weighted by atomic mass is 10.1. The molecule has 0 bridgehead atoms. The lowest BCUT2D eigenvalue weighted by Gasteiger charge is -2.40. The van der Waals surface area contributed by atoms with Crippen LogP contribution in [0.15, 0.2) is 23.4 Å². The highest BCUT2D eigenvalue weighted by atomic mass is 31.1. The third kappa shape index (κ3) is 4.27. The van der Waals surface area contributed by atoms with E-state index in [1.807, 2.05) is 13.1 Å². The quantitative estimate of drug-likeness (QED) is 0.452. The third-order valence-corrected chi connectivity index (χ3v) is 10.7. The Hall–Kier alpha value is -1.33. The molecule has 3 N–H and O–H groups in total. The number of rotatable bonds is 6. The van der Waals surface area contributed by atoms with Gasteiger partial charge in [0.05, 0.1) is 18.5 Å². The van der Waals surface area contributed by atoms with Crippen molar-refractivity contribution in [2.24, 2.45) is 0 Å². The van der Waals surface area contributed by atoms with Gasteiger partial charge in [-0.2, -0.15) is 0 Å². The van der Waals surface area contributed by atoms with Gasteiger partial charge in [-0.3, -0.25) is 13.9 Å². The number of aliphatic hydroxyl groups is 1. The number of hydrogen-bond acceptors (Lipinski definition) is 7. The van der Waals surface area contributed by atoms with Crippen molar-refractivity contribution in [1.82, 2.24) is 14.5 Å². The molecule has 5 atom stereocenters. The second kappa shape index (κ2) is 8.07. The van der Waals surface area contributed by atoms with E-state index in [1.54, 1.807) is 10.6 Å². The van der Waals surface area contributed by atoms with Crippen LogP contribution >= 0.6 is 8.25 Å². The Balaban J connectivity index is 2.04. The Morgan fingerprint density at radius 2 is 2.07 bits per heavy atom. The van der Waals surface area contributed by atoms with Gasteiger partial charge in [0.25, 0.3) is 5.56 Å². The molecule has 0 aliphatic carbocycles. The summed E-state index contributed by atoms with van der Waals surface area (Å²) in [5.41, 5.74) is 0.329. The van der Waals surface area contributed by atoms with Crippen molar-refractivity contribution in [2.75, 3.05) is 6.61 Å². The smallest absolute Gasteiger partial charge is 0.317 e. The summed E-state index contributed by atoms with van der Waals surface area (Å²) in [5.74, 6) is 0. The van der Waals surface area contributed by atoms with Crippen LogP contribution < -0.4 is 5.56 Å². The first-order valence-corrected chi connectivity index (χ1v) is 13.5. The van der Waals surface area contributed by atoms with Gasteiger partial charge in [-0.25, -0.2) is 4.98 Å². The summed E-state index contributed by atoms with van der Waals surface area (Å²) in [7, 11) is -5.65. The second-order valence-corrected chi connectivity index (χ2v) is 14.2. The molecular weight excluding hydrogens is 417 g/mol. The Morgan fingerprint density at radius 3 is 2.66 bits per heavy atom. The molecule has 2 aromatic rings. The van der Waals surface area contributed by atoms with Crippen LogP contribution in [0.2, 0.25) is 18.1 Å². The number of nitrogens with one attached hydrogen (secondary N) is 1. The van der Waals surface area contributed by atoms with Crippen molar-refractivity contribution in [3.05, 3.63) is 28.9 Å². The highest BCUT2D eigenvalue weighted by Crippen LogP contribution is 2.44. The molecule has 2 aromatic heterocycles. The molecule has 12 heteroatoms. The molecule has 10 nitrogen and oxygen atoms in total. The van der Waals surface area contributed by atoms with E-state index in [0.29, 0.717) is 5.52 Å². The number of fused-ring (bicyclic) bond motifs is 1. The van der Waals surface area contributed by atoms with E-state index in [0.717, 1.165) is 0 Å². The van der Waals surface area contributed by atoms with Crippen LogP contribution in [0.25, 0.3) is 11.0 Å². The summed E-state index contributed by atoms with van der Waals surface area (Å²) < 4.78 is 31.0. The zero-order valence-electron chi connectivity index (χ0n) is 17.1. The molecule has 3 rings (SSSR count). The topological polar surface area (TPSA) is 136 Å². The lowest BCUT2D eigenvalue weighted by Crippen LogP contribution is -2.50. The van der Waals surface area contributed by atoms with E-state index < -0.39 is 41.1 Å². The molecule has 0 radical (unpaired) electrons. The van der Waals surface area contributed by atoms with Gasteiger partial charge < -0.3 is 28.7 Å². The van der Waals surface area contributed by atoms with Crippen LogP contribution in [-0.4, -0.2) is 57.8 Å². The van der Waals surface area contributed by atoms with Crippen molar-refractivity contribution in [2.45, 2.75) is 63.4 Å². The van der Waals surface area contributed by atoms with Gasteiger partial charge in [0.1, 0.15) is 18.3 Å². The van der Waals surface area contributed by atoms with E-state index in [-0.39, 0.29) is 22.7 Å². The molecule has 0 saturated carbocycles. The summed E-state index contributed by atoms with van der Waals surface area (Å²) in [6.07, 6.45) is -0.482. The summed E-state index contributed by atoms with van der Waals surface area (Å²) in [4.78, 5) is 28.2. The van der Waals surface area contributed by atoms with Crippen LogP contribution in [0.5, 0.6) is 0 Å². The number of ether oxygens (including phenoxy) is 1. The van der Waals surface area contributed by atoms with Gasteiger partial charge in [-0.15, -0.1) is 0 Å². The van der Waals surface area contributed by atoms with Gasteiger partial charge >= 0.3 is 8.25 Å². The Kier molecular flexibility index (Phi) is 6.22. The molecule has 3 heterocycles. The number of hydrogen-bond donors (Lipinski definition) is 3. The molecule has 0 spiro atoms. The SMILES string of the molecule is CC(C)(C)[Si](C)(C)OC1C(O[PH](=O)O)[C@H](n2cnc3c(=O)[nH]ccc32)O[C@@H]1CO. The molecule has 0 aromatic carbocycles. The standard InChI is InChI=1S/C17H28N3O7PSi/c1-17(2,3)29(4,5)27-13-11(8-21)25-16(14(13)26-28(23)24)20-9-19-12-10(20)6-7-18-15(12)22/h6-7,9,11,13-14,16,21,28H,8H2,1-5H3,(H,18,22)(H,23,24)/t11-,13?,14?,16-/m1/s1. The van der Waals surface area contributed by atoms with Crippen molar-refractivity contribution in [3.8, 4) is 0 Å². The maximum absolute atomic E-state index is 12.0. The predicted octanol–water partition coefficient (Wildman–Crippen LogP) is 1.77. The zero-order chi connectivity index (χ0) is 21.6. The number of aromatic amines is 1. The van der Waals surface area contributed by atoms with Gasteiger partial charge in [-0.05, 0) is 24.2 Å². The number of imidazole rings is 1. The molecule has 1 aliphatic rings. The van der Waals surface area contributed by atoms with E-state index in [4.69, 9.17) is 13.7 Å². The zero-order valence-corrected chi connectivity index (χ0v) is 19.1. The summed E-state index contributed by atoms with van der Waals surface area (Å²) in [6.45, 7) is 9.94. The molecule has 1 saturated heterocycles. The van der Waals surface area contributed by atoms with Gasteiger partial charge in [-0.1, -0.05) is 20.8 Å². The number of pyridine rings is 1. The maximum Gasteiger partial charge on any atom is 0.317 e. The first-order valence-electron chi connectivity index (χ1n) is 9.34. The largest absolute Gasteiger partial charge is 0.408 e. The van der Waals surface area contributed by atoms with Crippen molar-refractivity contribution in [3.63, 3.8) is 0 Å². The molecule has 3 unspecified atom stereocenters. The number of H-pyrrole nitrogens is 1. The maximum atomic E-state index is 12.0. The van der Waals surface area contributed by atoms with Crippen molar-refractivity contribution >= 4 is 27.6 Å². The molecule has 1 aliphatic heterocycles. The van der Waals surface area contributed by atoms with Gasteiger partial charge in [0.15, 0.2) is 20.1 Å². The van der Waals surface area contributed by atoms with Crippen LogP contribution in [0.3, 0.4) is 0 Å². The number of nitrogens with zero attached hydrogens (tertiary/aromatic N) is 2. The minimum atomic E-state index is -3.33. The fraction of sp³-hybridized carbons (Fsp3) is 0.647. The predicted molar refractivity (Wildman–Crippen MR) is 110 cm³/mol. The Labute approximate surface area is 169 Å². The Bertz CT molecular complexity index is 954. The van der Waals surface area contributed by atoms with Crippen LogP contribution in [-0.2, 0) is 18.3 Å². The van der Waals surface area contributed by atoms with Crippen LogP contribution in [0.4, 0.5) is 0 Å². The Morgan fingerprint density at radius 1 is 1.38 bits per heavy atom. The minimum Gasteiger partial charge on any atom is -0.408 e. The summed E-state index contributed by atoms with van der Waals surface area (Å²) in [5, 5.41) is 9.77. The first kappa shape index (κ1) is 22.4. The van der Waals surface area contributed by atoms with Crippen LogP contribution in [0, 0.1) is 0 Å². The molecule has 0 amide bonds. The highest BCUT2D eigenvalue weighted by Gasteiger charge is 2.52. The fourth-order valence-corrected chi connectivity index (χ4v) is 4.96. The average Bonchev–Trinajstić information content (AvgIpc) is 3.16. The van der Waals surface area contributed by atoms with E-state index in [2.05, 4.69) is 30.7 Å².